The molecule has 4 nitrogen and oxygen atoms in total. The highest BCUT2D eigenvalue weighted by Crippen LogP contribution is 2.33. The van der Waals surface area contributed by atoms with E-state index in [4.69, 9.17) is 9.97 Å². The van der Waals surface area contributed by atoms with Crippen LogP contribution in [-0.4, -0.2) is 19.9 Å². The minimum absolute atomic E-state index is 0.935. The highest BCUT2D eigenvalue weighted by atomic mass is 14.8. The SMILES string of the molecule is c1cnc2c(c1)ccc1cc(-c3ccc4cc5cc(-c6ccc7ccc8cccnc8c7n6)ccc5cc4c3)cnc12. The largest absolute Gasteiger partial charge is 0.254 e. The molecule has 9 rings (SSSR count). The summed E-state index contributed by atoms with van der Waals surface area (Å²) in [5.74, 6) is 0. The van der Waals surface area contributed by atoms with E-state index in [2.05, 4.69) is 113 Å². The first-order valence-electron chi connectivity index (χ1n) is 14.0. The molecular formula is C38H22N4. The number of pyridine rings is 4. The number of rotatable bonds is 2. The lowest BCUT2D eigenvalue weighted by Crippen LogP contribution is -1.89. The van der Waals surface area contributed by atoms with Crippen LogP contribution < -0.4 is 0 Å². The molecule has 0 N–H and O–H groups in total. The van der Waals surface area contributed by atoms with Gasteiger partial charge in [0.15, 0.2) is 0 Å². The van der Waals surface area contributed by atoms with Crippen molar-refractivity contribution in [3.8, 4) is 22.4 Å². The number of hydrogen-bond acceptors (Lipinski definition) is 4. The van der Waals surface area contributed by atoms with Gasteiger partial charge in [-0.1, -0.05) is 66.7 Å². The number of nitrogens with zero attached hydrogens (tertiary/aromatic N) is 4. The van der Waals surface area contributed by atoms with E-state index in [1.807, 2.05) is 30.7 Å². The van der Waals surface area contributed by atoms with E-state index in [9.17, 15) is 0 Å². The highest BCUT2D eigenvalue weighted by molar-refractivity contribution is 6.06. The summed E-state index contributed by atoms with van der Waals surface area (Å²) in [5.41, 5.74) is 8.03. The Balaban J connectivity index is 1.12. The van der Waals surface area contributed by atoms with Crippen molar-refractivity contribution in [2.45, 2.75) is 0 Å². The maximum atomic E-state index is 5.05. The second kappa shape index (κ2) is 8.88. The molecular weight excluding hydrogens is 512 g/mol. The summed E-state index contributed by atoms with van der Waals surface area (Å²) in [7, 11) is 0. The fourth-order valence-corrected chi connectivity index (χ4v) is 6.12. The van der Waals surface area contributed by atoms with Crippen LogP contribution in [0.2, 0.25) is 0 Å². The van der Waals surface area contributed by atoms with Gasteiger partial charge in [0.1, 0.15) is 0 Å². The van der Waals surface area contributed by atoms with Crippen molar-refractivity contribution in [3.63, 3.8) is 0 Å². The van der Waals surface area contributed by atoms with Crippen molar-refractivity contribution in [2.24, 2.45) is 0 Å². The number of fused-ring (bicyclic) bond motifs is 8. The van der Waals surface area contributed by atoms with Gasteiger partial charge in [-0.05, 0) is 75.6 Å². The van der Waals surface area contributed by atoms with E-state index in [0.717, 1.165) is 66.0 Å². The summed E-state index contributed by atoms with van der Waals surface area (Å²) in [6, 6.07) is 40.8. The van der Waals surface area contributed by atoms with Crippen molar-refractivity contribution in [1.82, 2.24) is 19.9 Å². The molecule has 4 heterocycles. The molecule has 0 amide bonds. The van der Waals surface area contributed by atoms with E-state index in [1.54, 1.807) is 0 Å². The zero-order valence-corrected chi connectivity index (χ0v) is 22.5. The highest BCUT2D eigenvalue weighted by Gasteiger charge is 2.10. The first-order valence-corrected chi connectivity index (χ1v) is 14.0. The van der Waals surface area contributed by atoms with Crippen LogP contribution in [0.4, 0.5) is 0 Å². The summed E-state index contributed by atoms with van der Waals surface area (Å²) in [5, 5.41) is 9.19. The average molecular weight is 535 g/mol. The minimum atomic E-state index is 0.935. The summed E-state index contributed by atoms with van der Waals surface area (Å²) in [4.78, 5) is 19.0. The van der Waals surface area contributed by atoms with Crippen molar-refractivity contribution < 1.29 is 0 Å². The zero-order chi connectivity index (χ0) is 27.6. The lowest BCUT2D eigenvalue weighted by molar-refractivity contribution is 1.37. The fraction of sp³-hybridized carbons (Fsp3) is 0. The van der Waals surface area contributed by atoms with Crippen molar-refractivity contribution in [2.75, 3.05) is 0 Å². The van der Waals surface area contributed by atoms with Gasteiger partial charge >= 0.3 is 0 Å². The third-order valence-corrected chi connectivity index (χ3v) is 8.28. The van der Waals surface area contributed by atoms with Gasteiger partial charge in [0, 0.05) is 51.3 Å². The maximum Gasteiger partial charge on any atom is 0.0972 e. The molecule has 0 unspecified atom stereocenters. The Morgan fingerprint density at radius 3 is 1.60 bits per heavy atom. The van der Waals surface area contributed by atoms with E-state index in [1.165, 1.54) is 21.5 Å². The Kier molecular flexibility index (Phi) is 4.87. The first-order chi connectivity index (χ1) is 20.8. The zero-order valence-electron chi connectivity index (χ0n) is 22.5. The Labute approximate surface area is 241 Å². The van der Waals surface area contributed by atoms with Gasteiger partial charge in [-0.3, -0.25) is 15.0 Å². The van der Waals surface area contributed by atoms with Gasteiger partial charge in [0.2, 0.25) is 0 Å². The van der Waals surface area contributed by atoms with Crippen molar-refractivity contribution in [1.29, 1.82) is 0 Å². The fourth-order valence-electron chi connectivity index (χ4n) is 6.12. The standard InChI is InChI=1S/C38H22N4/c1-3-23-7-12-30-21-33(22-41-37(30)35(23)39-15-1)28-9-8-26-18-32-20-29(11-10-27(32)17-31(26)19-28)34-14-13-25-6-5-24-4-2-16-40-36(24)38(25)42-34/h1-22H. The van der Waals surface area contributed by atoms with Crippen molar-refractivity contribution in [3.05, 3.63) is 134 Å². The molecule has 0 radical (unpaired) electrons. The monoisotopic (exact) mass is 534 g/mol. The Hall–Kier alpha value is -5.74. The van der Waals surface area contributed by atoms with Gasteiger partial charge in [0.05, 0.1) is 27.8 Å². The molecule has 0 fully saturated rings. The van der Waals surface area contributed by atoms with Crippen LogP contribution >= 0.6 is 0 Å². The molecule has 0 bridgehead atoms. The third kappa shape index (κ3) is 3.62. The second-order valence-electron chi connectivity index (χ2n) is 10.8. The molecule has 5 aromatic carbocycles. The molecule has 0 saturated carbocycles. The van der Waals surface area contributed by atoms with Crippen LogP contribution in [0.25, 0.3) is 87.5 Å². The minimum Gasteiger partial charge on any atom is -0.254 e. The van der Waals surface area contributed by atoms with Crippen LogP contribution in [-0.2, 0) is 0 Å². The van der Waals surface area contributed by atoms with Crippen LogP contribution in [0.15, 0.2) is 134 Å². The third-order valence-electron chi connectivity index (χ3n) is 8.28. The van der Waals surface area contributed by atoms with Crippen LogP contribution in [0.3, 0.4) is 0 Å². The lowest BCUT2D eigenvalue weighted by atomic mass is 9.97. The van der Waals surface area contributed by atoms with Gasteiger partial charge in [0.25, 0.3) is 0 Å². The smallest absolute Gasteiger partial charge is 0.0972 e. The molecule has 0 aliphatic carbocycles. The summed E-state index contributed by atoms with van der Waals surface area (Å²) in [6.45, 7) is 0. The molecule has 0 aliphatic heterocycles. The molecule has 9 aromatic rings. The summed E-state index contributed by atoms with van der Waals surface area (Å²) < 4.78 is 0. The summed E-state index contributed by atoms with van der Waals surface area (Å²) in [6.07, 6.45) is 5.62. The Bertz CT molecular complexity index is 2530. The van der Waals surface area contributed by atoms with Gasteiger partial charge < -0.3 is 0 Å². The normalized spacial score (nSPS) is 11.8. The van der Waals surface area contributed by atoms with Gasteiger partial charge in [-0.2, -0.15) is 0 Å². The number of aromatic nitrogens is 4. The van der Waals surface area contributed by atoms with Gasteiger partial charge in [-0.15, -0.1) is 0 Å². The van der Waals surface area contributed by atoms with Crippen molar-refractivity contribution >= 4 is 65.2 Å². The molecule has 0 saturated heterocycles. The number of hydrogen-bond donors (Lipinski definition) is 0. The molecule has 42 heavy (non-hydrogen) atoms. The quantitative estimate of drug-likeness (QED) is 0.164. The summed E-state index contributed by atoms with van der Waals surface area (Å²) >= 11 is 0. The predicted octanol–water partition coefficient (Wildman–Crippen LogP) is 9.52. The second-order valence-corrected chi connectivity index (χ2v) is 10.8. The predicted molar refractivity (Wildman–Crippen MR) is 174 cm³/mol. The van der Waals surface area contributed by atoms with E-state index in [-0.39, 0.29) is 0 Å². The van der Waals surface area contributed by atoms with E-state index < -0.39 is 0 Å². The molecule has 0 spiro atoms. The first kappa shape index (κ1) is 23.0. The number of benzene rings is 5. The maximum absolute atomic E-state index is 5.05. The van der Waals surface area contributed by atoms with Gasteiger partial charge in [-0.25, -0.2) is 4.98 Å². The van der Waals surface area contributed by atoms with Crippen LogP contribution in [0, 0.1) is 0 Å². The lowest BCUT2D eigenvalue weighted by Gasteiger charge is -2.10. The average Bonchev–Trinajstić information content (AvgIpc) is 3.06. The van der Waals surface area contributed by atoms with E-state index >= 15 is 0 Å². The molecule has 194 valence electrons. The Morgan fingerprint density at radius 1 is 0.333 bits per heavy atom. The van der Waals surface area contributed by atoms with E-state index in [0.29, 0.717) is 0 Å². The molecule has 0 aliphatic rings. The molecule has 0 atom stereocenters. The molecule has 4 aromatic heterocycles. The van der Waals surface area contributed by atoms with Crippen LogP contribution in [0.1, 0.15) is 0 Å². The molecule has 4 heteroatoms. The topological polar surface area (TPSA) is 51.6 Å². The Morgan fingerprint density at radius 2 is 0.857 bits per heavy atom. The van der Waals surface area contributed by atoms with Crippen LogP contribution in [0.5, 0.6) is 0 Å².